The van der Waals surface area contributed by atoms with Crippen molar-refractivity contribution in [2.24, 2.45) is 0 Å². The predicted molar refractivity (Wildman–Crippen MR) is 58.6 cm³/mol. The van der Waals surface area contributed by atoms with Crippen molar-refractivity contribution in [1.82, 2.24) is 4.90 Å². The zero-order chi connectivity index (χ0) is 11.1. The van der Waals surface area contributed by atoms with E-state index in [0.717, 1.165) is 12.1 Å². The monoisotopic (exact) mass is 207 g/mol. The van der Waals surface area contributed by atoms with Gasteiger partial charge >= 0.3 is 0 Å². The van der Waals surface area contributed by atoms with Crippen LogP contribution in [-0.4, -0.2) is 29.3 Å². The topological polar surface area (TPSA) is 32.7 Å². The minimum Gasteiger partial charge on any atom is -0.508 e. The van der Waals surface area contributed by atoms with Crippen LogP contribution in [0.4, 0.5) is 0 Å². The van der Waals surface area contributed by atoms with Crippen LogP contribution in [0.15, 0.2) is 24.3 Å². The summed E-state index contributed by atoms with van der Waals surface area (Å²) in [5.41, 5.74) is 0.910. The lowest BCUT2D eigenvalue weighted by molar-refractivity contribution is -0.0681. The quantitative estimate of drug-likeness (QED) is 0.765. The summed E-state index contributed by atoms with van der Waals surface area (Å²) < 4.78 is 5.93. The number of aromatic hydroxyl groups is 1. The van der Waals surface area contributed by atoms with Gasteiger partial charge in [-0.05, 0) is 38.6 Å². The summed E-state index contributed by atoms with van der Waals surface area (Å²) in [5, 5.41) is 9.20. The van der Waals surface area contributed by atoms with E-state index in [1.807, 2.05) is 12.1 Å². The molecule has 0 amide bonds. The molecule has 0 spiro atoms. The fourth-order valence-electron chi connectivity index (χ4n) is 1.81. The van der Waals surface area contributed by atoms with Crippen molar-refractivity contribution < 1.29 is 9.84 Å². The van der Waals surface area contributed by atoms with Gasteiger partial charge in [0.05, 0.1) is 6.10 Å². The highest BCUT2D eigenvalue weighted by Gasteiger charge is 2.37. The maximum atomic E-state index is 9.20. The average molecular weight is 207 g/mol. The number of likely N-dealkylation sites (N-methyl/N-ethyl adjacent to an activating group) is 1. The Balaban J connectivity index is 2.17. The maximum absolute atomic E-state index is 9.20. The fourth-order valence-corrected chi connectivity index (χ4v) is 1.81. The van der Waals surface area contributed by atoms with Crippen molar-refractivity contribution in [3.05, 3.63) is 29.8 Å². The molecule has 1 aromatic rings. The van der Waals surface area contributed by atoms with Gasteiger partial charge in [-0.25, -0.2) is 0 Å². The van der Waals surface area contributed by atoms with Gasteiger partial charge in [-0.15, -0.1) is 0 Å². The molecule has 1 atom stereocenters. The van der Waals surface area contributed by atoms with Crippen molar-refractivity contribution in [2.75, 3.05) is 13.6 Å². The summed E-state index contributed by atoms with van der Waals surface area (Å²) in [4.78, 5) is 2.19. The van der Waals surface area contributed by atoms with Gasteiger partial charge in [-0.2, -0.15) is 0 Å². The first-order valence-electron chi connectivity index (χ1n) is 5.17. The minimum atomic E-state index is -0.206. The first kappa shape index (κ1) is 10.5. The number of phenols is 1. The number of nitrogens with zero attached hydrogens (tertiary/aromatic N) is 1. The third-order valence-corrected chi connectivity index (χ3v) is 3.05. The minimum absolute atomic E-state index is 0.102. The Bertz CT molecular complexity index is 345. The van der Waals surface area contributed by atoms with Gasteiger partial charge < -0.3 is 9.84 Å². The molecule has 0 unspecified atom stereocenters. The second kappa shape index (κ2) is 3.51. The van der Waals surface area contributed by atoms with Gasteiger partial charge in [-0.1, -0.05) is 12.1 Å². The van der Waals surface area contributed by atoms with E-state index in [1.165, 1.54) is 0 Å². The predicted octanol–water partition coefficient (Wildman–Crippen LogP) is 2.13. The van der Waals surface area contributed by atoms with E-state index < -0.39 is 0 Å². The molecule has 2 rings (SSSR count). The molecule has 0 aromatic heterocycles. The van der Waals surface area contributed by atoms with Gasteiger partial charge in [0, 0.05) is 6.54 Å². The Morgan fingerprint density at radius 3 is 2.40 bits per heavy atom. The van der Waals surface area contributed by atoms with Crippen LogP contribution in [0, 0.1) is 0 Å². The van der Waals surface area contributed by atoms with Gasteiger partial charge in [0.25, 0.3) is 0 Å². The molecule has 1 N–H and O–H groups in total. The third kappa shape index (κ3) is 1.98. The Hall–Kier alpha value is -1.06. The summed E-state index contributed by atoms with van der Waals surface area (Å²) >= 11 is 0. The van der Waals surface area contributed by atoms with Crippen LogP contribution < -0.4 is 0 Å². The number of rotatable bonds is 1. The van der Waals surface area contributed by atoms with Crippen molar-refractivity contribution in [1.29, 1.82) is 0 Å². The zero-order valence-corrected chi connectivity index (χ0v) is 9.40. The van der Waals surface area contributed by atoms with Crippen LogP contribution in [0.3, 0.4) is 0 Å². The van der Waals surface area contributed by atoms with Crippen molar-refractivity contribution in [3.63, 3.8) is 0 Å². The molecule has 3 heteroatoms. The molecule has 0 saturated carbocycles. The highest BCUT2D eigenvalue weighted by atomic mass is 16.5. The fraction of sp³-hybridized carbons (Fsp3) is 0.500. The number of hydrogen-bond donors (Lipinski definition) is 1. The molecule has 0 radical (unpaired) electrons. The van der Waals surface area contributed by atoms with Gasteiger partial charge in [-0.3, -0.25) is 4.90 Å². The normalized spacial score (nSPS) is 25.7. The number of ether oxygens (including phenoxy) is 1. The molecule has 1 saturated heterocycles. The number of benzene rings is 1. The second-order valence-electron chi connectivity index (χ2n) is 4.53. The van der Waals surface area contributed by atoms with Crippen LogP contribution in [0.25, 0.3) is 0 Å². The summed E-state index contributed by atoms with van der Waals surface area (Å²) in [6.45, 7) is 5.01. The zero-order valence-electron chi connectivity index (χ0n) is 9.40. The van der Waals surface area contributed by atoms with Crippen LogP contribution in [0.2, 0.25) is 0 Å². The Labute approximate surface area is 90.3 Å². The molecule has 1 fully saturated rings. The lowest BCUT2D eigenvalue weighted by Crippen LogP contribution is -2.35. The van der Waals surface area contributed by atoms with Crippen LogP contribution in [0.5, 0.6) is 5.75 Å². The van der Waals surface area contributed by atoms with E-state index in [2.05, 4.69) is 25.8 Å². The molecule has 1 aliphatic heterocycles. The van der Waals surface area contributed by atoms with E-state index in [-0.39, 0.29) is 11.8 Å². The van der Waals surface area contributed by atoms with Crippen LogP contribution in [-0.2, 0) is 4.74 Å². The standard InChI is InChI=1S/C12H17NO2/c1-12(2)13(3)8-11(15-12)9-4-6-10(14)7-5-9/h4-7,11,14H,8H2,1-3H3/t11-/m0/s1. The summed E-state index contributed by atoms with van der Waals surface area (Å²) in [7, 11) is 2.06. The third-order valence-electron chi connectivity index (χ3n) is 3.05. The summed E-state index contributed by atoms with van der Waals surface area (Å²) in [5.74, 6) is 0.296. The van der Waals surface area contributed by atoms with Crippen LogP contribution >= 0.6 is 0 Å². The van der Waals surface area contributed by atoms with E-state index in [1.54, 1.807) is 12.1 Å². The SMILES string of the molecule is CN1C[C@@H](c2ccc(O)cc2)OC1(C)C. The molecule has 1 heterocycles. The Kier molecular flexibility index (Phi) is 2.44. The molecule has 82 valence electrons. The molecule has 1 aliphatic rings. The molecule has 15 heavy (non-hydrogen) atoms. The second-order valence-corrected chi connectivity index (χ2v) is 4.53. The van der Waals surface area contributed by atoms with E-state index >= 15 is 0 Å². The Morgan fingerprint density at radius 1 is 1.33 bits per heavy atom. The number of phenolic OH excluding ortho intramolecular Hbond substituents is 1. The molecule has 1 aromatic carbocycles. The van der Waals surface area contributed by atoms with E-state index in [0.29, 0.717) is 5.75 Å². The largest absolute Gasteiger partial charge is 0.508 e. The maximum Gasteiger partial charge on any atom is 0.116 e. The molecular formula is C12H17NO2. The summed E-state index contributed by atoms with van der Waals surface area (Å²) in [6.07, 6.45) is 0.102. The first-order valence-corrected chi connectivity index (χ1v) is 5.17. The lowest BCUT2D eigenvalue weighted by atomic mass is 10.1. The number of hydrogen-bond acceptors (Lipinski definition) is 3. The van der Waals surface area contributed by atoms with E-state index in [9.17, 15) is 5.11 Å². The van der Waals surface area contributed by atoms with Crippen molar-refractivity contribution >= 4 is 0 Å². The lowest BCUT2D eigenvalue weighted by Gasteiger charge is -2.25. The molecular weight excluding hydrogens is 190 g/mol. The van der Waals surface area contributed by atoms with Crippen molar-refractivity contribution in [3.8, 4) is 5.75 Å². The first-order chi connectivity index (χ1) is 6.99. The molecule has 0 aliphatic carbocycles. The van der Waals surface area contributed by atoms with Crippen LogP contribution in [0.1, 0.15) is 25.5 Å². The van der Waals surface area contributed by atoms with E-state index in [4.69, 9.17) is 4.74 Å². The van der Waals surface area contributed by atoms with Gasteiger partial charge in [0.15, 0.2) is 0 Å². The average Bonchev–Trinajstić information content (AvgIpc) is 2.42. The van der Waals surface area contributed by atoms with Gasteiger partial charge in [0.1, 0.15) is 11.5 Å². The summed E-state index contributed by atoms with van der Waals surface area (Å²) in [6, 6.07) is 7.22. The van der Waals surface area contributed by atoms with Gasteiger partial charge in [0.2, 0.25) is 0 Å². The Morgan fingerprint density at radius 2 is 1.93 bits per heavy atom. The molecule has 0 bridgehead atoms. The van der Waals surface area contributed by atoms with Crippen molar-refractivity contribution in [2.45, 2.75) is 25.7 Å². The smallest absolute Gasteiger partial charge is 0.116 e. The molecule has 3 nitrogen and oxygen atoms in total. The highest BCUT2D eigenvalue weighted by molar-refractivity contribution is 5.28. The highest BCUT2D eigenvalue weighted by Crippen LogP contribution is 2.34.